The predicted octanol–water partition coefficient (Wildman–Crippen LogP) is 2.73. The minimum absolute atomic E-state index is 0.693. The zero-order chi connectivity index (χ0) is 10.4. The fourth-order valence-corrected chi connectivity index (χ4v) is 1.67. The van der Waals surface area contributed by atoms with Crippen molar-refractivity contribution in [2.45, 2.75) is 17.4 Å². The average Bonchev–Trinajstić information content (AvgIpc) is 2.27. The molecule has 1 aromatic rings. The third-order valence-corrected chi connectivity index (χ3v) is 3.03. The van der Waals surface area contributed by atoms with Crippen LogP contribution in [0.2, 0.25) is 0 Å². The Balaban J connectivity index is 2.59. The van der Waals surface area contributed by atoms with E-state index in [-0.39, 0.29) is 0 Å². The summed E-state index contributed by atoms with van der Waals surface area (Å²) in [5.74, 6) is 0.693. The second-order valence-corrected chi connectivity index (χ2v) is 4.42. The summed E-state index contributed by atoms with van der Waals surface area (Å²) in [7, 11) is 0. The van der Waals surface area contributed by atoms with Gasteiger partial charge in [-0.3, -0.25) is 0 Å². The van der Waals surface area contributed by atoms with Crippen molar-refractivity contribution in [2.75, 3.05) is 0 Å². The topological polar surface area (TPSA) is 47.6 Å². The Bertz CT molecular complexity index is 359. The van der Waals surface area contributed by atoms with Crippen molar-refractivity contribution >= 4 is 11.8 Å². The van der Waals surface area contributed by atoms with Gasteiger partial charge in [-0.05, 0) is 12.5 Å². The van der Waals surface area contributed by atoms with Crippen molar-refractivity contribution in [3.63, 3.8) is 0 Å². The van der Waals surface area contributed by atoms with Crippen LogP contribution in [0.3, 0.4) is 0 Å². The summed E-state index contributed by atoms with van der Waals surface area (Å²) in [4.78, 5) is 0. The van der Waals surface area contributed by atoms with Gasteiger partial charge >= 0.3 is 0 Å². The molecule has 0 amide bonds. The molecule has 0 aromatic heterocycles. The van der Waals surface area contributed by atoms with E-state index in [2.05, 4.69) is 0 Å². The van der Waals surface area contributed by atoms with Crippen molar-refractivity contribution < 1.29 is 0 Å². The third-order valence-electron chi connectivity index (χ3n) is 1.80. The monoisotopic (exact) mass is 202 g/mol. The molecule has 0 fully saturated rings. The molecule has 0 bridgehead atoms. The molecule has 0 heterocycles. The summed E-state index contributed by atoms with van der Waals surface area (Å²) in [6.45, 7) is 1.64. The van der Waals surface area contributed by atoms with E-state index in [1.807, 2.05) is 42.5 Å². The first-order valence-electron chi connectivity index (χ1n) is 4.20. The smallest absolute Gasteiger partial charge is 0.186 e. The van der Waals surface area contributed by atoms with Crippen molar-refractivity contribution in [3.05, 3.63) is 35.9 Å². The highest BCUT2D eigenvalue weighted by atomic mass is 32.2. The van der Waals surface area contributed by atoms with Crippen LogP contribution < -0.4 is 0 Å². The van der Waals surface area contributed by atoms with Crippen LogP contribution >= 0.6 is 11.8 Å². The first kappa shape index (κ1) is 10.6. The minimum Gasteiger partial charge on any atom is -0.196 e. The quantitative estimate of drug-likeness (QED) is 0.757. The number of rotatable bonds is 3. The van der Waals surface area contributed by atoms with Crippen LogP contribution in [0.4, 0.5) is 0 Å². The molecular formula is C11H10N2S. The van der Waals surface area contributed by atoms with Gasteiger partial charge in [0.15, 0.2) is 4.75 Å². The molecule has 1 aromatic carbocycles. The van der Waals surface area contributed by atoms with Gasteiger partial charge in [0.1, 0.15) is 0 Å². The molecule has 2 nitrogen and oxygen atoms in total. The Labute approximate surface area is 88.2 Å². The van der Waals surface area contributed by atoms with Crippen LogP contribution in [0.15, 0.2) is 30.3 Å². The van der Waals surface area contributed by atoms with Crippen LogP contribution in [0, 0.1) is 22.7 Å². The number of nitrogens with zero attached hydrogens (tertiary/aromatic N) is 2. The SMILES string of the molecule is CC(C#N)(C#N)SCc1ccccc1. The Morgan fingerprint density at radius 2 is 1.79 bits per heavy atom. The number of hydrogen-bond donors (Lipinski definition) is 0. The van der Waals surface area contributed by atoms with Crippen LogP contribution in [0.1, 0.15) is 12.5 Å². The summed E-state index contributed by atoms with van der Waals surface area (Å²) in [6, 6.07) is 13.8. The van der Waals surface area contributed by atoms with Gasteiger partial charge in [0, 0.05) is 5.75 Å². The largest absolute Gasteiger partial charge is 0.196 e. The Hall–Kier alpha value is -1.45. The highest BCUT2D eigenvalue weighted by Crippen LogP contribution is 2.26. The van der Waals surface area contributed by atoms with Gasteiger partial charge in [0.05, 0.1) is 12.1 Å². The zero-order valence-electron chi connectivity index (χ0n) is 7.90. The van der Waals surface area contributed by atoms with E-state index in [4.69, 9.17) is 10.5 Å². The van der Waals surface area contributed by atoms with E-state index in [0.29, 0.717) is 5.75 Å². The molecular weight excluding hydrogens is 192 g/mol. The van der Waals surface area contributed by atoms with E-state index < -0.39 is 4.75 Å². The first-order chi connectivity index (χ1) is 6.70. The molecule has 0 atom stereocenters. The normalized spacial score (nSPS) is 10.2. The second kappa shape index (κ2) is 4.69. The minimum atomic E-state index is -0.935. The summed E-state index contributed by atoms with van der Waals surface area (Å²) in [6.07, 6.45) is 0. The van der Waals surface area contributed by atoms with Gasteiger partial charge in [0.2, 0.25) is 0 Å². The van der Waals surface area contributed by atoms with Gasteiger partial charge in [-0.25, -0.2) is 0 Å². The molecule has 0 aliphatic heterocycles. The van der Waals surface area contributed by atoms with Crippen molar-refractivity contribution in [2.24, 2.45) is 0 Å². The summed E-state index contributed by atoms with van der Waals surface area (Å²) >= 11 is 1.35. The molecule has 0 aliphatic rings. The lowest BCUT2D eigenvalue weighted by atomic mass is 10.2. The number of thioether (sulfide) groups is 1. The van der Waals surface area contributed by atoms with E-state index in [0.717, 1.165) is 5.56 Å². The maximum Gasteiger partial charge on any atom is 0.186 e. The Morgan fingerprint density at radius 3 is 2.29 bits per heavy atom. The van der Waals surface area contributed by atoms with E-state index in [9.17, 15) is 0 Å². The molecule has 3 heteroatoms. The van der Waals surface area contributed by atoms with Crippen molar-refractivity contribution in [1.82, 2.24) is 0 Å². The van der Waals surface area contributed by atoms with Gasteiger partial charge in [-0.2, -0.15) is 10.5 Å². The van der Waals surface area contributed by atoms with Gasteiger partial charge < -0.3 is 0 Å². The lowest BCUT2D eigenvalue weighted by molar-refractivity contribution is 1.03. The molecule has 0 radical (unpaired) electrons. The molecule has 0 spiro atoms. The average molecular weight is 202 g/mol. The van der Waals surface area contributed by atoms with Crippen LogP contribution in [-0.2, 0) is 5.75 Å². The third kappa shape index (κ3) is 2.80. The molecule has 0 saturated heterocycles. The molecule has 1 rings (SSSR count). The molecule has 14 heavy (non-hydrogen) atoms. The van der Waals surface area contributed by atoms with E-state index >= 15 is 0 Å². The van der Waals surface area contributed by atoms with Gasteiger partial charge in [0.25, 0.3) is 0 Å². The summed E-state index contributed by atoms with van der Waals surface area (Å²) < 4.78 is -0.935. The predicted molar refractivity (Wildman–Crippen MR) is 57.4 cm³/mol. The number of hydrogen-bond acceptors (Lipinski definition) is 3. The highest BCUT2D eigenvalue weighted by molar-refractivity contribution is 8.00. The van der Waals surface area contributed by atoms with Crippen LogP contribution in [0.5, 0.6) is 0 Å². The molecule has 0 aliphatic carbocycles. The van der Waals surface area contributed by atoms with Crippen LogP contribution in [0.25, 0.3) is 0 Å². The maximum atomic E-state index is 8.77. The zero-order valence-corrected chi connectivity index (χ0v) is 8.71. The highest BCUT2D eigenvalue weighted by Gasteiger charge is 2.23. The standard InChI is InChI=1S/C11H10N2S/c1-11(8-12,9-13)14-7-10-5-3-2-4-6-10/h2-6H,7H2,1H3. The molecule has 0 unspecified atom stereocenters. The maximum absolute atomic E-state index is 8.77. The summed E-state index contributed by atoms with van der Waals surface area (Å²) in [5.41, 5.74) is 1.13. The first-order valence-corrected chi connectivity index (χ1v) is 5.19. The molecule has 0 saturated carbocycles. The van der Waals surface area contributed by atoms with E-state index in [1.54, 1.807) is 6.92 Å². The summed E-state index contributed by atoms with van der Waals surface area (Å²) in [5, 5.41) is 17.5. The Kier molecular flexibility index (Phi) is 3.56. The lowest BCUT2D eigenvalue weighted by Gasteiger charge is -2.10. The number of benzene rings is 1. The van der Waals surface area contributed by atoms with Crippen molar-refractivity contribution in [3.8, 4) is 12.1 Å². The Morgan fingerprint density at radius 1 is 1.21 bits per heavy atom. The lowest BCUT2D eigenvalue weighted by Crippen LogP contribution is -2.13. The number of nitriles is 2. The van der Waals surface area contributed by atoms with Crippen LogP contribution in [-0.4, -0.2) is 4.75 Å². The fraction of sp³-hybridized carbons (Fsp3) is 0.273. The molecule has 70 valence electrons. The van der Waals surface area contributed by atoms with Gasteiger partial charge in [-0.15, -0.1) is 11.8 Å². The van der Waals surface area contributed by atoms with E-state index in [1.165, 1.54) is 11.8 Å². The van der Waals surface area contributed by atoms with Gasteiger partial charge in [-0.1, -0.05) is 30.3 Å². The fourth-order valence-electron chi connectivity index (χ4n) is 0.891. The second-order valence-electron chi connectivity index (χ2n) is 3.03. The molecule has 0 N–H and O–H groups in total. The van der Waals surface area contributed by atoms with Crippen molar-refractivity contribution in [1.29, 1.82) is 10.5 Å².